The van der Waals surface area contributed by atoms with Crippen LogP contribution in [0.15, 0.2) is 60.7 Å². The normalized spacial score (nSPS) is 11.2. The molecule has 2 radical (unpaired) electrons. The summed E-state index contributed by atoms with van der Waals surface area (Å²) in [6.45, 7) is 4.99. The number of ether oxygens (including phenoxy) is 2. The zero-order valence-corrected chi connectivity index (χ0v) is 26.4. The molecule has 5 nitrogen and oxygen atoms in total. The summed E-state index contributed by atoms with van der Waals surface area (Å²) in [5.74, 6) is -1.28. The predicted molar refractivity (Wildman–Crippen MR) is 157 cm³/mol. The molecular weight excluding hydrogens is 583 g/mol. The molecule has 1 unspecified atom stereocenters. The Morgan fingerprint density at radius 3 is 1.55 bits per heavy atom. The third-order valence-electron chi connectivity index (χ3n) is 5.97. The molecule has 0 aliphatic rings. The molecule has 0 aromatic heterocycles. The van der Waals surface area contributed by atoms with E-state index in [-0.39, 0.29) is 6.42 Å². The first-order valence-electron chi connectivity index (χ1n) is 14.4. The van der Waals surface area contributed by atoms with Gasteiger partial charge in [0.1, 0.15) is 0 Å². The molecule has 1 N–H and O–H groups in total. The van der Waals surface area contributed by atoms with Gasteiger partial charge in [-0.05, 0) is 12.8 Å². The molecule has 0 spiro atoms. The number of benzene rings is 2. The number of carbonyl (C=O) groups excluding carboxylic acids is 2. The summed E-state index contributed by atoms with van der Waals surface area (Å²) in [5, 5.41) is 9.69. The van der Waals surface area contributed by atoms with Crippen molar-refractivity contribution >= 4 is 40.2 Å². The average Bonchev–Trinajstić information content (AvgIpc) is 2.93. The van der Waals surface area contributed by atoms with Gasteiger partial charge in [-0.25, -0.2) is 4.79 Å². The summed E-state index contributed by atoms with van der Waals surface area (Å²) in [5.41, 5.74) is 0. The van der Waals surface area contributed by atoms with Gasteiger partial charge >= 0.3 is 101 Å². The fraction of sp³-hybridized carbons (Fsp3) is 0.562. The summed E-state index contributed by atoms with van der Waals surface area (Å²) >= 11 is -0.517. The summed E-state index contributed by atoms with van der Waals surface area (Å²) in [4.78, 5) is 23.2. The molecule has 0 bridgehead atoms. The third kappa shape index (κ3) is 19.2. The SMILES string of the molecule is CCCCCCCCOC(=O)CC(O)C(=O)OCCCCCCCC.c1cc[c]([Sn][c]2ccccc2)cc1. The summed E-state index contributed by atoms with van der Waals surface area (Å²) in [6.07, 6.45) is 11.5. The van der Waals surface area contributed by atoms with Crippen LogP contribution in [0.3, 0.4) is 0 Å². The fourth-order valence-electron chi connectivity index (χ4n) is 3.73. The van der Waals surface area contributed by atoms with Crippen LogP contribution >= 0.6 is 0 Å². The van der Waals surface area contributed by atoms with Crippen LogP contribution < -0.4 is 7.16 Å². The molecule has 1 atom stereocenters. The molecular formula is C32H48O5Sn. The van der Waals surface area contributed by atoms with Gasteiger partial charge in [0.25, 0.3) is 0 Å². The minimum atomic E-state index is -1.42. The van der Waals surface area contributed by atoms with Crippen LogP contribution in [0.1, 0.15) is 97.3 Å². The molecule has 0 fully saturated rings. The summed E-state index contributed by atoms with van der Waals surface area (Å²) in [7, 11) is 0. The topological polar surface area (TPSA) is 72.8 Å². The summed E-state index contributed by atoms with van der Waals surface area (Å²) < 4.78 is 13.1. The molecule has 0 saturated heterocycles. The van der Waals surface area contributed by atoms with E-state index in [9.17, 15) is 14.7 Å². The molecule has 2 aromatic carbocycles. The van der Waals surface area contributed by atoms with E-state index in [4.69, 9.17) is 9.47 Å². The molecule has 2 aromatic rings. The number of hydrogen-bond acceptors (Lipinski definition) is 5. The molecule has 0 saturated carbocycles. The number of aliphatic hydroxyl groups excluding tert-OH is 1. The zero-order chi connectivity index (χ0) is 27.7. The molecule has 6 heteroatoms. The molecule has 0 amide bonds. The standard InChI is InChI=1S/C20H38O5.2C6H5.Sn/c1-3-5-7-9-11-13-15-24-19(22)17-18(21)20(23)25-16-14-12-10-8-6-4-2;2*1-2-4-6-5-3-1;/h18,21H,3-17H2,1-2H3;2*1-5H;. The first-order valence-corrected chi connectivity index (χ1v) is 17.3. The third-order valence-corrected chi connectivity index (χ3v) is 9.52. The Morgan fingerprint density at radius 1 is 0.658 bits per heavy atom. The van der Waals surface area contributed by atoms with Crippen LogP contribution in [0.25, 0.3) is 0 Å². The quantitative estimate of drug-likeness (QED) is 0.119. The number of unbranched alkanes of at least 4 members (excludes halogenated alkanes) is 10. The summed E-state index contributed by atoms with van der Waals surface area (Å²) in [6, 6.07) is 21.6. The van der Waals surface area contributed by atoms with E-state index in [1.54, 1.807) is 0 Å². The molecule has 0 aliphatic carbocycles. The molecule has 2 rings (SSSR count). The Balaban J connectivity index is 0.000000457. The first-order chi connectivity index (χ1) is 18.6. The predicted octanol–water partition coefficient (Wildman–Crippen LogP) is 5.89. The average molecular weight is 631 g/mol. The zero-order valence-electron chi connectivity index (χ0n) is 23.5. The van der Waals surface area contributed by atoms with Crippen molar-refractivity contribution in [3.63, 3.8) is 0 Å². The van der Waals surface area contributed by atoms with Gasteiger partial charge in [0.05, 0.1) is 19.6 Å². The second-order valence-corrected chi connectivity index (χ2v) is 13.5. The van der Waals surface area contributed by atoms with Gasteiger partial charge in [-0.15, -0.1) is 0 Å². The van der Waals surface area contributed by atoms with Gasteiger partial charge in [0, 0.05) is 0 Å². The van der Waals surface area contributed by atoms with Gasteiger partial charge in [-0.1, -0.05) is 78.1 Å². The Hall–Kier alpha value is -1.86. The van der Waals surface area contributed by atoms with Crippen molar-refractivity contribution in [1.29, 1.82) is 0 Å². The number of hydrogen-bond donors (Lipinski definition) is 1. The van der Waals surface area contributed by atoms with Crippen LogP contribution in [0.5, 0.6) is 0 Å². The van der Waals surface area contributed by atoms with Gasteiger partial charge < -0.3 is 14.6 Å². The van der Waals surface area contributed by atoms with Crippen molar-refractivity contribution in [2.24, 2.45) is 0 Å². The Bertz CT molecular complexity index is 791. The van der Waals surface area contributed by atoms with Crippen molar-refractivity contribution < 1.29 is 24.2 Å². The van der Waals surface area contributed by atoms with Gasteiger partial charge in [-0.2, -0.15) is 0 Å². The van der Waals surface area contributed by atoms with E-state index in [1.807, 2.05) is 0 Å². The van der Waals surface area contributed by atoms with Gasteiger partial charge in [0.2, 0.25) is 0 Å². The monoisotopic (exact) mass is 632 g/mol. The van der Waals surface area contributed by atoms with Crippen LogP contribution in [-0.4, -0.2) is 57.5 Å². The van der Waals surface area contributed by atoms with E-state index in [1.165, 1.54) is 45.7 Å². The number of aliphatic hydroxyl groups is 1. The van der Waals surface area contributed by atoms with Crippen LogP contribution in [0.4, 0.5) is 0 Å². The van der Waals surface area contributed by atoms with Gasteiger partial charge in [-0.3, -0.25) is 4.79 Å². The van der Waals surface area contributed by atoms with Crippen LogP contribution in [0, 0.1) is 0 Å². The molecule has 38 heavy (non-hydrogen) atoms. The van der Waals surface area contributed by atoms with Crippen LogP contribution in [0.2, 0.25) is 0 Å². The second-order valence-electron chi connectivity index (χ2n) is 9.50. The second kappa shape index (κ2) is 24.2. The van der Waals surface area contributed by atoms with E-state index in [2.05, 4.69) is 74.5 Å². The molecule has 210 valence electrons. The van der Waals surface area contributed by atoms with Crippen molar-refractivity contribution in [2.45, 2.75) is 103 Å². The van der Waals surface area contributed by atoms with E-state index in [0.29, 0.717) is 13.2 Å². The van der Waals surface area contributed by atoms with Crippen molar-refractivity contribution in [3.05, 3.63) is 60.7 Å². The Kier molecular flexibility index (Phi) is 21.8. The van der Waals surface area contributed by atoms with Crippen molar-refractivity contribution in [1.82, 2.24) is 0 Å². The number of carbonyl (C=O) groups is 2. The van der Waals surface area contributed by atoms with Crippen molar-refractivity contribution in [2.75, 3.05) is 13.2 Å². The Labute approximate surface area is 240 Å². The van der Waals surface area contributed by atoms with Crippen molar-refractivity contribution in [3.8, 4) is 0 Å². The minimum absolute atomic E-state index is 0.300. The van der Waals surface area contributed by atoms with E-state index in [0.717, 1.165) is 38.5 Å². The van der Waals surface area contributed by atoms with E-state index >= 15 is 0 Å². The first kappa shape index (κ1) is 34.2. The molecule has 0 heterocycles. The number of esters is 2. The van der Waals surface area contributed by atoms with Crippen LogP contribution in [-0.2, 0) is 19.1 Å². The van der Waals surface area contributed by atoms with E-state index < -0.39 is 39.2 Å². The fourth-order valence-corrected chi connectivity index (χ4v) is 6.73. The Morgan fingerprint density at radius 2 is 1.08 bits per heavy atom. The molecule has 0 aliphatic heterocycles. The maximum absolute atomic E-state index is 11.6. The number of rotatable bonds is 19. The maximum atomic E-state index is 11.6. The van der Waals surface area contributed by atoms with Gasteiger partial charge in [0.15, 0.2) is 6.10 Å².